The van der Waals surface area contributed by atoms with Gasteiger partial charge in [-0.15, -0.1) is 0 Å². The average molecular weight is 184 g/mol. The topological polar surface area (TPSA) is 29.5 Å². The molecule has 1 unspecified atom stereocenters. The molecule has 0 aliphatic heterocycles. The fraction of sp³-hybridized carbons (Fsp3) is 0.400. The minimum atomic E-state index is -1.21. The maximum atomic E-state index is 12.8. The second kappa shape index (κ2) is 4.82. The summed E-state index contributed by atoms with van der Waals surface area (Å²) >= 11 is 0. The van der Waals surface area contributed by atoms with Gasteiger partial charge in [0.05, 0.1) is 13.7 Å². The van der Waals surface area contributed by atoms with E-state index in [-0.39, 0.29) is 6.42 Å². The third kappa shape index (κ3) is 2.70. The van der Waals surface area contributed by atoms with Gasteiger partial charge >= 0.3 is 0 Å². The maximum absolute atomic E-state index is 12.8. The van der Waals surface area contributed by atoms with E-state index in [0.29, 0.717) is 5.75 Å². The number of methoxy groups -OCH3 is 1. The summed E-state index contributed by atoms with van der Waals surface area (Å²) in [6.45, 7) is -0.446. The Labute approximate surface area is 77.0 Å². The predicted octanol–water partition coefficient (Wildman–Crippen LogP) is 1.57. The zero-order valence-electron chi connectivity index (χ0n) is 7.53. The van der Waals surface area contributed by atoms with E-state index in [1.807, 2.05) is 12.1 Å². The molecule has 1 rings (SSSR count). The van der Waals surface area contributed by atoms with Gasteiger partial charge in [-0.05, 0) is 11.6 Å². The van der Waals surface area contributed by atoms with E-state index in [4.69, 9.17) is 9.84 Å². The van der Waals surface area contributed by atoms with Gasteiger partial charge in [0.15, 0.2) is 0 Å². The molecule has 0 saturated carbocycles. The Hall–Kier alpha value is -1.09. The summed E-state index contributed by atoms with van der Waals surface area (Å²) in [5.74, 6) is 0.665. The van der Waals surface area contributed by atoms with Crippen LogP contribution in [0.5, 0.6) is 5.75 Å². The summed E-state index contributed by atoms with van der Waals surface area (Å²) in [5.41, 5.74) is 0.784. The zero-order chi connectivity index (χ0) is 9.68. The molecule has 13 heavy (non-hydrogen) atoms. The quantitative estimate of drug-likeness (QED) is 0.769. The molecule has 0 amide bonds. The lowest BCUT2D eigenvalue weighted by atomic mass is 10.1. The van der Waals surface area contributed by atoms with Gasteiger partial charge in [0.1, 0.15) is 11.9 Å². The highest BCUT2D eigenvalue weighted by Gasteiger charge is 2.09. The lowest BCUT2D eigenvalue weighted by molar-refractivity contribution is 0.177. The third-order valence-corrected chi connectivity index (χ3v) is 1.83. The summed E-state index contributed by atoms with van der Waals surface area (Å²) in [6, 6.07) is 7.22. The molecule has 2 nitrogen and oxygen atoms in total. The normalized spacial score (nSPS) is 12.5. The number of rotatable bonds is 4. The Morgan fingerprint density at radius 1 is 1.46 bits per heavy atom. The molecule has 0 aromatic heterocycles. The number of para-hydroxylation sites is 1. The number of hydrogen-bond acceptors (Lipinski definition) is 2. The fourth-order valence-corrected chi connectivity index (χ4v) is 1.17. The first-order chi connectivity index (χ1) is 6.27. The molecule has 0 bridgehead atoms. The number of benzene rings is 1. The van der Waals surface area contributed by atoms with Gasteiger partial charge in [0, 0.05) is 6.42 Å². The average Bonchev–Trinajstić information content (AvgIpc) is 2.18. The van der Waals surface area contributed by atoms with Crippen LogP contribution in [0.15, 0.2) is 24.3 Å². The second-order valence-corrected chi connectivity index (χ2v) is 2.80. The number of hydrogen-bond donors (Lipinski definition) is 1. The second-order valence-electron chi connectivity index (χ2n) is 2.80. The standard InChI is InChI=1S/C10H13FO2/c1-13-10-5-3-2-4-8(10)6-9(11)7-12/h2-5,9,12H,6-7H2,1H3. The Morgan fingerprint density at radius 2 is 2.15 bits per heavy atom. The summed E-state index contributed by atoms with van der Waals surface area (Å²) in [5, 5.41) is 8.54. The Morgan fingerprint density at radius 3 is 2.77 bits per heavy atom. The van der Waals surface area contributed by atoms with E-state index >= 15 is 0 Å². The van der Waals surface area contributed by atoms with Crippen LogP contribution in [0.2, 0.25) is 0 Å². The molecule has 1 aromatic rings. The van der Waals surface area contributed by atoms with Gasteiger partial charge in [-0.1, -0.05) is 18.2 Å². The van der Waals surface area contributed by atoms with Gasteiger partial charge in [-0.2, -0.15) is 0 Å². The monoisotopic (exact) mass is 184 g/mol. The molecule has 0 heterocycles. The first-order valence-electron chi connectivity index (χ1n) is 4.14. The van der Waals surface area contributed by atoms with Gasteiger partial charge in [-0.3, -0.25) is 0 Å². The highest BCUT2D eigenvalue weighted by Crippen LogP contribution is 2.19. The van der Waals surface area contributed by atoms with E-state index in [0.717, 1.165) is 5.56 Å². The summed E-state index contributed by atoms with van der Waals surface area (Å²) in [6.07, 6.45) is -1.02. The highest BCUT2D eigenvalue weighted by atomic mass is 19.1. The van der Waals surface area contributed by atoms with Crippen molar-refractivity contribution in [3.8, 4) is 5.75 Å². The molecule has 1 atom stereocenters. The van der Waals surface area contributed by atoms with Crippen molar-refractivity contribution in [2.75, 3.05) is 13.7 Å². The van der Waals surface area contributed by atoms with Crippen molar-refractivity contribution >= 4 is 0 Å². The first-order valence-corrected chi connectivity index (χ1v) is 4.14. The molecule has 0 saturated heterocycles. The molecule has 3 heteroatoms. The van der Waals surface area contributed by atoms with E-state index in [1.54, 1.807) is 19.2 Å². The van der Waals surface area contributed by atoms with Crippen LogP contribution in [-0.2, 0) is 6.42 Å². The molecule has 0 spiro atoms. The Balaban J connectivity index is 2.74. The SMILES string of the molecule is COc1ccccc1CC(F)CO. The first kappa shape index (κ1) is 9.99. The lowest BCUT2D eigenvalue weighted by Gasteiger charge is -2.09. The van der Waals surface area contributed by atoms with Crippen molar-refractivity contribution in [1.82, 2.24) is 0 Å². The van der Waals surface area contributed by atoms with Crippen molar-refractivity contribution in [1.29, 1.82) is 0 Å². The molecule has 0 fully saturated rings. The van der Waals surface area contributed by atoms with Crippen LogP contribution in [0, 0.1) is 0 Å². The van der Waals surface area contributed by atoms with Crippen molar-refractivity contribution in [2.45, 2.75) is 12.6 Å². The van der Waals surface area contributed by atoms with Crippen molar-refractivity contribution in [2.24, 2.45) is 0 Å². The predicted molar refractivity (Wildman–Crippen MR) is 48.7 cm³/mol. The van der Waals surface area contributed by atoms with Crippen LogP contribution in [0.25, 0.3) is 0 Å². The van der Waals surface area contributed by atoms with Crippen LogP contribution in [0.3, 0.4) is 0 Å². The molecular formula is C10H13FO2. The van der Waals surface area contributed by atoms with Crippen LogP contribution in [-0.4, -0.2) is 25.0 Å². The molecular weight excluding hydrogens is 171 g/mol. The maximum Gasteiger partial charge on any atom is 0.127 e. The number of aliphatic hydroxyl groups is 1. The van der Waals surface area contributed by atoms with Gasteiger partial charge in [0.25, 0.3) is 0 Å². The molecule has 1 aromatic carbocycles. The van der Waals surface area contributed by atoms with E-state index in [2.05, 4.69) is 0 Å². The summed E-state index contributed by atoms with van der Waals surface area (Å²) in [4.78, 5) is 0. The highest BCUT2D eigenvalue weighted by molar-refractivity contribution is 5.33. The fourth-order valence-electron chi connectivity index (χ4n) is 1.17. The van der Waals surface area contributed by atoms with Crippen LogP contribution < -0.4 is 4.74 Å². The van der Waals surface area contributed by atoms with Crippen LogP contribution in [0.1, 0.15) is 5.56 Å². The van der Waals surface area contributed by atoms with Gasteiger partial charge in [0.2, 0.25) is 0 Å². The Bertz CT molecular complexity index is 263. The molecule has 0 aliphatic rings. The molecule has 0 aliphatic carbocycles. The molecule has 0 radical (unpaired) electrons. The van der Waals surface area contributed by atoms with E-state index in [1.165, 1.54) is 0 Å². The summed E-state index contributed by atoms with van der Waals surface area (Å²) in [7, 11) is 1.55. The van der Waals surface area contributed by atoms with Gasteiger partial charge < -0.3 is 9.84 Å². The van der Waals surface area contributed by atoms with E-state index in [9.17, 15) is 4.39 Å². The van der Waals surface area contributed by atoms with Crippen LogP contribution in [0.4, 0.5) is 4.39 Å². The third-order valence-electron chi connectivity index (χ3n) is 1.83. The number of halogens is 1. The van der Waals surface area contributed by atoms with E-state index < -0.39 is 12.8 Å². The van der Waals surface area contributed by atoms with Crippen LogP contribution >= 0.6 is 0 Å². The number of ether oxygens (including phenoxy) is 1. The van der Waals surface area contributed by atoms with Crippen molar-refractivity contribution < 1.29 is 14.2 Å². The largest absolute Gasteiger partial charge is 0.496 e. The smallest absolute Gasteiger partial charge is 0.127 e. The van der Waals surface area contributed by atoms with Gasteiger partial charge in [-0.25, -0.2) is 4.39 Å². The minimum Gasteiger partial charge on any atom is -0.496 e. The molecule has 72 valence electrons. The van der Waals surface area contributed by atoms with Crippen molar-refractivity contribution in [3.05, 3.63) is 29.8 Å². The number of alkyl halides is 1. The Kier molecular flexibility index (Phi) is 3.71. The molecule has 1 N–H and O–H groups in total. The summed E-state index contributed by atoms with van der Waals surface area (Å²) < 4.78 is 17.9. The minimum absolute atomic E-state index is 0.195. The lowest BCUT2D eigenvalue weighted by Crippen LogP contribution is -2.10. The van der Waals surface area contributed by atoms with Crippen molar-refractivity contribution in [3.63, 3.8) is 0 Å². The number of aliphatic hydroxyl groups excluding tert-OH is 1. The zero-order valence-corrected chi connectivity index (χ0v) is 7.53.